The van der Waals surface area contributed by atoms with Crippen LogP contribution in [0, 0.1) is 0 Å². The molecule has 0 bridgehead atoms. The Bertz CT molecular complexity index is 223. The number of carboxylic acids is 1. The molecule has 0 aromatic carbocycles. The highest BCUT2D eigenvalue weighted by atomic mass is 16.4. The van der Waals surface area contributed by atoms with Crippen molar-refractivity contribution in [2.24, 2.45) is 0 Å². The number of hydrogen-bond donors (Lipinski definition) is 1. The number of unbranched alkanes of at least 4 members (excludes halogenated alkanes) is 1. The Balaban J connectivity index is 4.10. The molecule has 0 aliphatic rings. The first-order valence-electron chi connectivity index (χ1n) is 4.81. The predicted octanol–water partition coefficient (Wildman–Crippen LogP) is 1.28. The van der Waals surface area contributed by atoms with Crippen LogP contribution in [0.15, 0.2) is 12.2 Å². The summed E-state index contributed by atoms with van der Waals surface area (Å²) in [5.74, 6) is -1.33. The van der Waals surface area contributed by atoms with Gasteiger partial charge in [0.1, 0.15) is 0 Å². The molecule has 0 radical (unpaired) electrons. The third-order valence-electron chi connectivity index (χ3n) is 1.84. The molecule has 0 atom stereocenters. The number of carboxylic acid groups (broad SMARTS) is 1. The molecular formula is C10H17NO3. The molecule has 0 saturated carbocycles. The van der Waals surface area contributed by atoms with Crippen molar-refractivity contribution in [1.29, 1.82) is 0 Å². The fourth-order valence-corrected chi connectivity index (χ4v) is 1.02. The Morgan fingerprint density at radius 3 is 2.36 bits per heavy atom. The second-order valence-corrected chi connectivity index (χ2v) is 2.94. The lowest BCUT2D eigenvalue weighted by Crippen LogP contribution is -2.30. The first kappa shape index (κ1) is 12.7. The number of likely N-dealkylation sites (N-methyl/N-ethyl adjacent to an activating group) is 1. The topological polar surface area (TPSA) is 57.6 Å². The van der Waals surface area contributed by atoms with Crippen LogP contribution in [0.25, 0.3) is 0 Å². The Labute approximate surface area is 84.2 Å². The SMILES string of the molecule is CCCCN(CC)C(=O)/C=C/C(=O)O. The summed E-state index contributed by atoms with van der Waals surface area (Å²) in [5, 5.41) is 8.34. The van der Waals surface area contributed by atoms with Gasteiger partial charge in [0, 0.05) is 25.2 Å². The van der Waals surface area contributed by atoms with Crippen LogP contribution in [-0.2, 0) is 9.59 Å². The molecule has 0 rings (SSSR count). The molecule has 0 fully saturated rings. The average Bonchev–Trinajstić information content (AvgIpc) is 2.16. The summed E-state index contributed by atoms with van der Waals surface area (Å²) in [6.07, 6.45) is 3.94. The van der Waals surface area contributed by atoms with E-state index in [1.807, 2.05) is 13.8 Å². The monoisotopic (exact) mass is 199 g/mol. The Morgan fingerprint density at radius 1 is 1.29 bits per heavy atom. The third-order valence-corrected chi connectivity index (χ3v) is 1.84. The van der Waals surface area contributed by atoms with E-state index in [1.54, 1.807) is 4.90 Å². The highest BCUT2D eigenvalue weighted by Gasteiger charge is 2.07. The van der Waals surface area contributed by atoms with E-state index in [0.717, 1.165) is 25.0 Å². The van der Waals surface area contributed by atoms with Crippen LogP contribution in [0.1, 0.15) is 26.7 Å². The fourth-order valence-electron chi connectivity index (χ4n) is 1.02. The molecule has 0 aromatic heterocycles. The first-order valence-corrected chi connectivity index (χ1v) is 4.81. The van der Waals surface area contributed by atoms with E-state index >= 15 is 0 Å². The predicted molar refractivity (Wildman–Crippen MR) is 53.9 cm³/mol. The van der Waals surface area contributed by atoms with E-state index in [1.165, 1.54) is 0 Å². The van der Waals surface area contributed by atoms with E-state index in [-0.39, 0.29) is 5.91 Å². The van der Waals surface area contributed by atoms with E-state index in [2.05, 4.69) is 0 Å². The average molecular weight is 199 g/mol. The molecule has 0 aliphatic heterocycles. The van der Waals surface area contributed by atoms with Crippen LogP contribution in [0.2, 0.25) is 0 Å². The normalized spacial score (nSPS) is 10.4. The number of amides is 1. The summed E-state index contributed by atoms with van der Waals surface area (Å²) in [6, 6.07) is 0. The van der Waals surface area contributed by atoms with E-state index in [4.69, 9.17) is 5.11 Å². The molecule has 80 valence electrons. The summed E-state index contributed by atoms with van der Waals surface area (Å²) < 4.78 is 0. The minimum Gasteiger partial charge on any atom is -0.478 e. The van der Waals surface area contributed by atoms with Gasteiger partial charge >= 0.3 is 5.97 Å². The van der Waals surface area contributed by atoms with Gasteiger partial charge < -0.3 is 10.0 Å². The fraction of sp³-hybridized carbons (Fsp3) is 0.600. The minimum atomic E-state index is -1.09. The molecule has 0 spiro atoms. The molecule has 0 saturated heterocycles. The lowest BCUT2D eigenvalue weighted by molar-refractivity contribution is -0.132. The van der Waals surface area contributed by atoms with Crippen LogP contribution >= 0.6 is 0 Å². The van der Waals surface area contributed by atoms with Gasteiger partial charge in [-0.25, -0.2) is 4.79 Å². The largest absolute Gasteiger partial charge is 0.478 e. The van der Waals surface area contributed by atoms with Gasteiger partial charge in [-0.05, 0) is 13.3 Å². The minimum absolute atomic E-state index is 0.233. The zero-order chi connectivity index (χ0) is 11.0. The van der Waals surface area contributed by atoms with Gasteiger partial charge in [0.05, 0.1) is 0 Å². The molecule has 0 aliphatic carbocycles. The van der Waals surface area contributed by atoms with Crippen molar-refractivity contribution >= 4 is 11.9 Å². The van der Waals surface area contributed by atoms with Gasteiger partial charge in [-0.1, -0.05) is 13.3 Å². The Kier molecular flexibility index (Phi) is 6.45. The van der Waals surface area contributed by atoms with E-state index in [0.29, 0.717) is 13.1 Å². The van der Waals surface area contributed by atoms with Crippen molar-refractivity contribution in [3.05, 3.63) is 12.2 Å². The number of hydrogen-bond acceptors (Lipinski definition) is 2. The number of rotatable bonds is 6. The summed E-state index contributed by atoms with van der Waals surface area (Å²) >= 11 is 0. The smallest absolute Gasteiger partial charge is 0.328 e. The van der Waals surface area contributed by atoms with Crippen LogP contribution in [-0.4, -0.2) is 35.0 Å². The van der Waals surface area contributed by atoms with Gasteiger partial charge in [-0.15, -0.1) is 0 Å². The van der Waals surface area contributed by atoms with Crippen molar-refractivity contribution in [1.82, 2.24) is 4.90 Å². The number of carbonyl (C=O) groups excluding carboxylic acids is 1. The second-order valence-electron chi connectivity index (χ2n) is 2.94. The molecule has 0 heterocycles. The summed E-state index contributed by atoms with van der Waals surface area (Å²) in [5.41, 5.74) is 0. The zero-order valence-corrected chi connectivity index (χ0v) is 8.69. The zero-order valence-electron chi connectivity index (χ0n) is 8.69. The number of nitrogens with zero attached hydrogens (tertiary/aromatic N) is 1. The standard InChI is InChI=1S/C10H17NO3/c1-3-5-8-11(4-2)9(12)6-7-10(13)14/h6-7H,3-5,8H2,1-2H3,(H,13,14)/b7-6+. The maximum atomic E-state index is 11.4. The quantitative estimate of drug-likeness (QED) is 0.655. The molecule has 1 amide bonds. The Morgan fingerprint density at radius 2 is 1.93 bits per heavy atom. The van der Waals surface area contributed by atoms with Gasteiger partial charge in [-0.3, -0.25) is 4.79 Å². The van der Waals surface area contributed by atoms with Crippen LogP contribution in [0.5, 0.6) is 0 Å². The van der Waals surface area contributed by atoms with Crippen molar-refractivity contribution in [2.75, 3.05) is 13.1 Å². The van der Waals surface area contributed by atoms with Gasteiger partial charge in [0.15, 0.2) is 0 Å². The molecule has 0 aromatic rings. The maximum Gasteiger partial charge on any atom is 0.328 e. The van der Waals surface area contributed by atoms with Crippen molar-refractivity contribution in [3.63, 3.8) is 0 Å². The summed E-state index contributed by atoms with van der Waals surface area (Å²) in [4.78, 5) is 23.2. The van der Waals surface area contributed by atoms with Crippen LogP contribution in [0.3, 0.4) is 0 Å². The van der Waals surface area contributed by atoms with Crippen molar-refractivity contribution < 1.29 is 14.7 Å². The van der Waals surface area contributed by atoms with Gasteiger partial charge in [0.25, 0.3) is 0 Å². The first-order chi connectivity index (χ1) is 6.61. The van der Waals surface area contributed by atoms with Crippen molar-refractivity contribution in [2.45, 2.75) is 26.7 Å². The lowest BCUT2D eigenvalue weighted by atomic mass is 10.3. The van der Waals surface area contributed by atoms with E-state index in [9.17, 15) is 9.59 Å². The van der Waals surface area contributed by atoms with E-state index < -0.39 is 5.97 Å². The molecule has 4 nitrogen and oxygen atoms in total. The highest BCUT2D eigenvalue weighted by molar-refractivity contribution is 5.93. The second kappa shape index (κ2) is 7.12. The number of carbonyl (C=O) groups is 2. The summed E-state index contributed by atoms with van der Waals surface area (Å²) in [7, 11) is 0. The van der Waals surface area contributed by atoms with Crippen LogP contribution < -0.4 is 0 Å². The molecule has 14 heavy (non-hydrogen) atoms. The molecule has 0 unspecified atom stereocenters. The maximum absolute atomic E-state index is 11.4. The highest BCUT2D eigenvalue weighted by Crippen LogP contribution is 1.96. The molecular weight excluding hydrogens is 182 g/mol. The lowest BCUT2D eigenvalue weighted by Gasteiger charge is -2.18. The third kappa shape index (κ3) is 5.35. The summed E-state index contributed by atoms with van der Waals surface area (Å²) in [6.45, 7) is 5.23. The van der Waals surface area contributed by atoms with Gasteiger partial charge in [-0.2, -0.15) is 0 Å². The number of aliphatic carboxylic acids is 1. The van der Waals surface area contributed by atoms with Crippen molar-refractivity contribution in [3.8, 4) is 0 Å². The molecule has 1 N–H and O–H groups in total. The Hall–Kier alpha value is -1.32. The van der Waals surface area contributed by atoms with Crippen LogP contribution in [0.4, 0.5) is 0 Å². The molecule has 4 heteroatoms. The van der Waals surface area contributed by atoms with Gasteiger partial charge in [0.2, 0.25) is 5.91 Å².